The highest BCUT2D eigenvalue weighted by Crippen LogP contribution is 2.24. The van der Waals surface area contributed by atoms with Crippen molar-refractivity contribution < 1.29 is 14.6 Å². The first-order valence-electron chi connectivity index (χ1n) is 5.51. The van der Waals surface area contributed by atoms with Gasteiger partial charge in [0.1, 0.15) is 5.75 Å². The van der Waals surface area contributed by atoms with Crippen molar-refractivity contribution in [3.63, 3.8) is 0 Å². The van der Waals surface area contributed by atoms with E-state index in [-0.39, 0.29) is 6.42 Å². The molecule has 1 aromatic rings. The number of rotatable bonds is 6. The topological polar surface area (TPSA) is 70.3 Å². The Labute approximate surface area is 100 Å². The lowest BCUT2D eigenvalue weighted by molar-refractivity contribution is -0.137. The third kappa shape index (κ3) is 4.15. The van der Waals surface area contributed by atoms with E-state index in [1.165, 1.54) is 0 Å². The molecule has 0 fully saturated rings. The van der Waals surface area contributed by atoms with Gasteiger partial charge in [0.25, 0.3) is 0 Å². The molecule has 0 amide bonds. The third-order valence-electron chi connectivity index (χ3n) is 2.37. The molecule has 0 aliphatic carbocycles. The van der Waals surface area contributed by atoms with Crippen molar-refractivity contribution in [2.75, 3.05) is 6.61 Å². The first-order valence-corrected chi connectivity index (χ1v) is 5.51. The highest BCUT2D eigenvalue weighted by Gasteiger charge is 2.13. The Balaban J connectivity index is 2.77. The second-order valence-corrected chi connectivity index (χ2v) is 3.62. The fourth-order valence-corrected chi connectivity index (χ4v) is 1.56. The second-order valence-electron chi connectivity index (χ2n) is 3.62. The van der Waals surface area contributed by atoms with Gasteiger partial charge in [-0.15, -0.1) is 0 Å². The lowest BCUT2D eigenvalue weighted by Gasteiger charge is -2.10. The van der Waals surface area contributed by atoms with Crippen molar-refractivity contribution in [1.82, 2.24) is 0 Å². The van der Waals surface area contributed by atoms with Crippen molar-refractivity contribution in [2.45, 2.75) is 25.7 Å². The first kappa shape index (κ1) is 13.0. The molecule has 1 atom stereocenters. The zero-order chi connectivity index (χ0) is 12.7. The number of benzene rings is 1. The molecule has 0 aliphatic rings. The van der Waals surface area contributed by atoms with Crippen LogP contribution in [0.25, 0.3) is 0 Å². The van der Waals surface area contributed by atoms with Crippen molar-refractivity contribution in [3.05, 3.63) is 29.8 Å². The van der Waals surface area contributed by atoms with E-state index in [4.69, 9.17) is 15.1 Å². The number of nitriles is 1. The fourth-order valence-electron chi connectivity index (χ4n) is 1.56. The van der Waals surface area contributed by atoms with E-state index < -0.39 is 11.9 Å². The predicted molar refractivity (Wildman–Crippen MR) is 62.8 cm³/mol. The van der Waals surface area contributed by atoms with Crippen LogP contribution in [-0.2, 0) is 4.79 Å². The van der Waals surface area contributed by atoms with Crippen LogP contribution in [0, 0.1) is 11.3 Å². The Kier molecular flexibility index (Phi) is 5.02. The summed E-state index contributed by atoms with van der Waals surface area (Å²) in [5.41, 5.74) is 0.805. The van der Waals surface area contributed by atoms with Gasteiger partial charge < -0.3 is 9.84 Å². The van der Waals surface area contributed by atoms with Crippen LogP contribution in [0.5, 0.6) is 5.75 Å². The highest BCUT2D eigenvalue weighted by molar-refractivity contribution is 5.66. The van der Waals surface area contributed by atoms with Crippen LogP contribution in [0.3, 0.4) is 0 Å². The van der Waals surface area contributed by atoms with Gasteiger partial charge in [-0.1, -0.05) is 12.1 Å². The lowest BCUT2D eigenvalue weighted by atomic mass is 9.95. The third-order valence-corrected chi connectivity index (χ3v) is 2.37. The SMILES string of the molecule is CCOc1cccc(C(C#N)CCC(=O)O)c1. The van der Waals surface area contributed by atoms with Gasteiger partial charge in [-0.25, -0.2) is 0 Å². The minimum Gasteiger partial charge on any atom is -0.494 e. The number of nitrogens with zero attached hydrogens (tertiary/aromatic N) is 1. The maximum atomic E-state index is 10.5. The standard InChI is InChI=1S/C13H15NO3/c1-2-17-12-5-3-4-10(8-12)11(9-14)6-7-13(15)16/h3-5,8,11H,2,6-7H2,1H3,(H,15,16). The molecule has 17 heavy (non-hydrogen) atoms. The molecule has 1 unspecified atom stereocenters. The summed E-state index contributed by atoms with van der Waals surface area (Å²) in [6, 6.07) is 9.36. The van der Waals surface area contributed by atoms with Crippen LogP contribution in [0.2, 0.25) is 0 Å². The number of carbonyl (C=O) groups is 1. The minimum atomic E-state index is -0.883. The maximum absolute atomic E-state index is 10.5. The van der Waals surface area contributed by atoms with E-state index in [2.05, 4.69) is 6.07 Å². The molecule has 0 bridgehead atoms. The molecule has 0 spiro atoms. The molecule has 0 aromatic heterocycles. The van der Waals surface area contributed by atoms with Gasteiger partial charge in [0.15, 0.2) is 0 Å². The van der Waals surface area contributed by atoms with Crippen molar-refractivity contribution in [1.29, 1.82) is 5.26 Å². The molecular formula is C13H15NO3. The van der Waals surface area contributed by atoms with Gasteiger partial charge >= 0.3 is 5.97 Å². The number of aliphatic carboxylic acids is 1. The van der Waals surface area contributed by atoms with Gasteiger partial charge in [0.05, 0.1) is 18.6 Å². The van der Waals surface area contributed by atoms with Crippen LogP contribution >= 0.6 is 0 Å². The Hall–Kier alpha value is -2.02. The average Bonchev–Trinajstić information content (AvgIpc) is 2.30. The van der Waals surface area contributed by atoms with Gasteiger partial charge in [0, 0.05) is 6.42 Å². The summed E-state index contributed by atoms with van der Waals surface area (Å²) in [4.78, 5) is 10.5. The minimum absolute atomic E-state index is 0.00289. The van der Waals surface area contributed by atoms with Crippen LogP contribution in [0.1, 0.15) is 31.2 Å². The predicted octanol–water partition coefficient (Wildman–Crippen LogP) is 2.56. The van der Waals surface area contributed by atoms with Crippen LogP contribution in [-0.4, -0.2) is 17.7 Å². The van der Waals surface area contributed by atoms with Crippen LogP contribution in [0.4, 0.5) is 0 Å². The van der Waals surface area contributed by atoms with Gasteiger partial charge in [-0.05, 0) is 31.0 Å². The largest absolute Gasteiger partial charge is 0.494 e. The van der Waals surface area contributed by atoms with E-state index >= 15 is 0 Å². The Morgan fingerprint density at radius 2 is 2.35 bits per heavy atom. The molecule has 0 saturated heterocycles. The summed E-state index contributed by atoms with van der Waals surface area (Å²) in [5.74, 6) is -0.571. The molecule has 1 rings (SSSR count). The number of carboxylic acid groups (broad SMARTS) is 1. The zero-order valence-corrected chi connectivity index (χ0v) is 9.72. The number of hydrogen-bond acceptors (Lipinski definition) is 3. The average molecular weight is 233 g/mol. The molecule has 1 aromatic carbocycles. The fraction of sp³-hybridized carbons (Fsp3) is 0.385. The number of hydrogen-bond donors (Lipinski definition) is 1. The summed E-state index contributed by atoms with van der Waals surface area (Å²) >= 11 is 0. The molecule has 0 radical (unpaired) electrons. The van der Waals surface area contributed by atoms with Crippen LogP contribution < -0.4 is 4.74 Å². The molecule has 0 aliphatic heterocycles. The van der Waals surface area contributed by atoms with E-state index in [0.717, 1.165) is 5.56 Å². The number of carboxylic acids is 1. The van der Waals surface area contributed by atoms with Gasteiger partial charge in [0.2, 0.25) is 0 Å². The lowest BCUT2D eigenvalue weighted by Crippen LogP contribution is -2.02. The zero-order valence-electron chi connectivity index (χ0n) is 9.72. The first-order chi connectivity index (χ1) is 8.17. The van der Waals surface area contributed by atoms with Crippen molar-refractivity contribution >= 4 is 5.97 Å². The van der Waals surface area contributed by atoms with Crippen molar-refractivity contribution in [2.24, 2.45) is 0 Å². The second kappa shape index (κ2) is 6.54. The molecule has 1 N–H and O–H groups in total. The smallest absolute Gasteiger partial charge is 0.303 e. The maximum Gasteiger partial charge on any atom is 0.303 e. The summed E-state index contributed by atoms with van der Waals surface area (Å²) in [5, 5.41) is 17.6. The van der Waals surface area contributed by atoms with E-state index in [9.17, 15) is 4.79 Å². The molecular weight excluding hydrogens is 218 g/mol. The van der Waals surface area contributed by atoms with Gasteiger partial charge in [-0.2, -0.15) is 5.26 Å². The Morgan fingerprint density at radius 1 is 1.59 bits per heavy atom. The molecule has 4 heteroatoms. The summed E-state index contributed by atoms with van der Waals surface area (Å²) in [6.07, 6.45) is 0.318. The monoisotopic (exact) mass is 233 g/mol. The highest BCUT2D eigenvalue weighted by atomic mass is 16.5. The van der Waals surface area contributed by atoms with E-state index in [0.29, 0.717) is 18.8 Å². The van der Waals surface area contributed by atoms with Gasteiger partial charge in [-0.3, -0.25) is 4.79 Å². The molecule has 90 valence electrons. The summed E-state index contributed by atoms with van der Waals surface area (Å²) in [7, 11) is 0. The summed E-state index contributed by atoms with van der Waals surface area (Å²) < 4.78 is 5.34. The normalized spacial score (nSPS) is 11.5. The van der Waals surface area contributed by atoms with Crippen molar-refractivity contribution in [3.8, 4) is 11.8 Å². The molecule has 4 nitrogen and oxygen atoms in total. The summed E-state index contributed by atoms with van der Waals surface area (Å²) in [6.45, 7) is 2.45. The number of ether oxygens (including phenoxy) is 1. The van der Waals surface area contributed by atoms with Crippen LogP contribution in [0.15, 0.2) is 24.3 Å². The molecule has 0 heterocycles. The Bertz CT molecular complexity index is 423. The molecule has 0 saturated carbocycles. The quantitative estimate of drug-likeness (QED) is 0.819. The Morgan fingerprint density at radius 3 is 2.94 bits per heavy atom. The van der Waals surface area contributed by atoms with E-state index in [1.54, 1.807) is 6.07 Å². The van der Waals surface area contributed by atoms with E-state index in [1.807, 2.05) is 25.1 Å².